The van der Waals surface area contributed by atoms with E-state index in [0.717, 1.165) is 6.07 Å². The summed E-state index contributed by atoms with van der Waals surface area (Å²) in [7, 11) is 0. The van der Waals surface area contributed by atoms with Crippen molar-refractivity contribution in [2.75, 3.05) is 5.32 Å². The Labute approximate surface area is 135 Å². The van der Waals surface area contributed by atoms with Gasteiger partial charge < -0.3 is 10.1 Å². The third-order valence-corrected chi connectivity index (χ3v) is 2.74. The quantitative estimate of drug-likeness (QED) is 0.813. The van der Waals surface area contributed by atoms with Crippen molar-refractivity contribution in [3.05, 3.63) is 35.8 Å². The first kappa shape index (κ1) is 17.3. The van der Waals surface area contributed by atoms with Crippen molar-refractivity contribution in [2.45, 2.75) is 26.1 Å². The van der Waals surface area contributed by atoms with E-state index < -0.39 is 17.8 Å². The number of halogens is 3. The first-order valence-electron chi connectivity index (χ1n) is 6.79. The molecule has 0 bridgehead atoms. The molecule has 1 aromatic heterocycles. The van der Waals surface area contributed by atoms with Gasteiger partial charge in [0.25, 0.3) is 0 Å². The van der Waals surface area contributed by atoms with Gasteiger partial charge in [-0.1, -0.05) is 0 Å². The molecule has 126 valence electrons. The number of ether oxygens (including phenoxy) is 1. The highest BCUT2D eigenvalue weighted by Crippen LogP contribution is 2.38. The van der Waals surface area contributed by atoms with Gasteiger partial charge in [-0.3, -0.25) is 0 Å². The second-order valence-electron chi connectivity index (χ2n) is 4.92. The lowest BCUT2D eigenvalue weighted by Crippen LogP contribution is -2.13. The van der Waals surface area contributed by atoms with Crippen molar-refractivity contribution in [2.24, 2.45) is 0 Å². The van der Waals surface area contributed by atoms with Crippen LogP contribution in [0.15, 0.2) is 24.4 Å². The van der Waals surface area contributed by atoms with Crippen LogP contribution in [0.2, 0.25) is 0 Å². The van der Waals surface area contributed by atoms with Gasteiger partial charge in [0, 0.05) is 11.9 Å². The molecule has 0 atom stereocenters. The fourth-order valence-corrected chi connectivity index (χ4v) is 1.78. The fraction of sp³-hybridized carbons (Fsp3) is 0.286. The van der Waals surface area contributed by atoms with Gasteiger partial charge in [-0.15, -0.1) is 10.2 Å². The van der Waals surface area contributed by atoms with Gasteiger partial charge >= 0.3 is 6.18 Å². The van der Waals surface area contributed by atoms with E-state index in [1.165, 1.54) is 18.3 Å². The molecule has 7 nitrogen and oxygen atoms in total. The maximum Gasteiger partial charge on any atom is 0.420 e. The Morgan fingerprint density at radius 2 is 2.17 bits per heavy atom. The summed E-state index contributed by atoms with van der Waals surface area (Å²) in [4.78, 5) is 0. The summed E-state index contributed by atoms with van der Waals surface area (Å²) >= 11 is 0. The molecule has 1 aromatic carbocycles. The third-order valence-electron chi connectivity index (χ3n) is 2.74. The molecule has 0 saturated carbocycles. The molecule has 0 spiro atoms. The van der Waals surface area contributed by atoms with E-state index in [9.17, 15) is 13.2 Å². The minimum Gasteiger partial charge on any atom is -0.490 e. The Bertz CT molecular complexity index is 762. The number of anilines is 1. The number of alkyl halides is 3. The first-order valence-corrected chi connectivity index (χ1v) is 6.79. The predicted molar refractivity (Wildman–Crippen MR) is 78.6 cm³/mol. The summed E-state index contributed by atoms with van der Waals surface area (Å²) in [6, 6.07) is 5.36. The van der Waals surface area contributed by atoms with Crippen molar-refractivity contribution >= 4 is 11.3 Å². The molecule has 24 heavy (non-hydrogen) atoms. The maximum absolute atomic E-state index is 13.2. The predicted octanol–water partition coefficient (Wildman–Crippen LogP) is 2.98. The summed E-state index contributed by atoms with van der Waals surface area (Å²) < 4.78 is 44.7. The summed E-state index contributed by atoms with van der Waals surface area (Å²) in [5.41, 5.74) is -0.762. The van der Waals surface area contributed by atoms with E-state index in [1.807, 2.05) is 6.07 Å². The normalized spacial score (nSPS) is 12.1. The molecule has 2 N–H and O–H groups in total. The number of tetrazole rings is 1. The van der Waals surface area contributed by atoms with E-state index in [4.69, 9.17) is 10.00 Å². The number of nitriles is 1. The van der Waals surface area contributed by atoms with Crippen LogP contribution in [0.1, 0.15) is 25.2 Å². The summed E-state index contributed by atoms with van der Waals surface area (Å²) in [6.45, 7) is 3.28. The van der Waals surface area contributed by atoms with Crippen molar-refractivity contribution in [1.29, 1.82) is 5.26 Å². The lowest BCUT2D eigenvalue weighted by atomic mass is 10.1. The van der Waals surface area contributed by atoms with Gasteiger partial charge in [-0.2, -0.15) is 23.6 Å². The first-order chi connectivity index (χ1) is 11.3. The zero-order chi connectivity index (χ0) is 17.7. The number of hydrogen-bond donors (Lipinski definition) is 2. The number of aromatic nitrogens is 4. The van der Waals surface area contributed by atoms with Crippen LogP contribution in [0.5, 0.6) is 5.75 Å². The highest BCUT2D eigenvalue weighted by Gasteiger charge is 2.35. The second-order valence-corrected chi connectivity index (χ2v) is 4.92. The highest BCUT2D eigenvalue weighted by molar-refractivity contribution is 5.74. The van der Waals surface area contributed by atoms with E-state index in [0.29, 0.717) is 0 Å². The Morgan fingerprint density at radius 3 is 2.71 bits per heavy atom. The van der Waals surface area contributed by atoms with E-state index in [1.54, 1.807) is 13.8 Å². The van der Waals surface area contributed by atoms with Crippen molar-refractivity contribution in [3.63, 3.8) is 0 Å². The number of benzene rings is 1. The van der Waals surface area contributed by atoms with Crippen molar-refractivity contribution in [1.82, 2.24) is 20.6 Å². The molecule has 2 aromatic rings. The molecule has 2 rings (SSSR count). The largest absolute Gasteiger partial charge is 0.490 e. The minimum absolute atomic E-state index is 0.0137. The molecule has 0 radical (unpaired) electrons. The SMILES string of the molecule is CC(C)Oc1ccc(NC=C(C#N)c2nn[nH]n2)cc1C(F)(F)F. The molecule has 0 aliphatic rings. The number of rotatable bonds is 5. The number of hydrogen-bond acceptors (Lipinski definition) is 6. The van der Waals surface area contributed by atoms with Gasteiger partial charge in [0.1, 0.15) is 17.4 Å². The minimum atomic E-state index is -4.57. The smallest absolute Gasteiger partial charge is 0.420 e. The maximum atomic E-state index is 13.2. The van der Waals surface area contributed by atoms with E-state index in [2.05, 4.69) is 25.9 Å². The highest BCUT2D eigenvalue weighted by atomic mass is 19.4. The van der Waals surface area contributed by atoms with Crippen LogP contribution in [0.25, 0.3) is 5.57 Å². The van der Waals surface area contributed by atoms with Crippen LogP contribution in [-0.2, 0) is 6.18 Å². The van der Waals surface area contributed by atoms with E-state index >= 15 is 0 Å². The molecular formula is C14H13F3N6O. The molecule has 0 amide bonds. The van der Waals surface area contributed by atoms with Gasteiger partial charge in [-0.05, 0) is 37.3 Å². The molecule has 0 unspecified atom stereocenters. The van der Waals surface area contributed by atoms with Crippen LogP contribution < -0.4 is 10.1 Å². The molecule has 10 heteroatoms. The Hall–Kier alpha value is -3.09. The van der Waals surface area contributed by atoms with Crippen LogP contribution in [0, 0.1) is 11.3 Å². The van der Waals surface area contributed by atoms with Crippen LogP contribution in [0.3, 0.4) is 0 Å². The average Bonchev–Trinajstić information content (AvgIpc) is 3.01. The molecule has 0 aliphatic heterocycles. The number of nitrogens with zero attached hydrogens (tertiary/aromatic N) is 4. The lowest BCUT2D eigenvalue weighted by molar-refractivity contribution is -0.139. The fourth-order valence-electron chi connectivity index (χ4n) is 1.78. The number of H-pyrrole nitrogens is 1. The Kier molecular flexibility index (Phi) is 5.03. The van der Waals surface area contributed by atoms with Gasteiger partial charge in [0.2, 0.25) is 5.82 Å². The zero-order valence-corrected chi connectivity index (χ0v) is 12.7. The zero-order valence-electron chi connectivity index (χ0n) is 12.7. The van der Waals surface area contributed by atoms with Crippen LogP contribution in [-0.4, -0.2) is 26.7 Å². The topological polar surface area (TPSA) is 99.5 Å². The van der Waals surface area contributed by atoms with Gasteiger partial charge in [0.05, 0.1) is 11.7 Å². The van der Waals surface area contributed by atoms with Crippen molar-refractivity contribution in [3.8, 4) is 11.8 Å². The summed E-state index contributed by atoms with van der Waals surface area (Å²) in [5.74, 6) is -0.230. The number of allylic oxidation sites excluding steroid dienone is 1. The molecular weight excluding hydrogens is 325 g/mol. The molecule has 0 saturated heterocycles. The third kappa shape index (κ3) is 4.22. The van der Waals surface area contributed by atoms with Crippen LogP contribution >= 0.6 is 0 Å². The van der Waals surface area contributed by atoms with E-state index in [-0.39, 0.29) is 22.8 Å². The number of nitrogens with one attached hydrogen (secondary N) is 2. The van der Waals surface area contributed by atoms with Gasteiger partial charge in [0.15, 0.2) is 0 Å². The summed E-state index contributed by atoms with van der Waals surface area (Å²) in [6.07, 6.45) is -3.77. The molecule has 1 heterocycles. The monoisotopic (exact) mass is 338 g/mol. The second kappa shape index (κ2) is 6.99. The van der Waals surface area contributed by atoms with Crippen LogP contribution in [0.4, 0.5) is 18.9 Å². The van der Waals surface area contributed by atoms with Gasteiger partial charge in [-0.25, -0.2) is 0 Å². The molecule has 0 fully saturated rings. The standard InChI is InChI=1S/C14H13F3N6O/c1-8(2)24-12-4-3-10(5-11(12)14(15,16)17)19-7-9(6-18)13-20-22-23-21-13/h3-5,7-8,19H,1-2H3,(H,20,21,22,23). The lowest BCUT2D eigenvalue weighted by Gasteiger charge is -2.17. The summed E-state index contributed by atoms with van der Waals surface area (Å²) in [5, 5.41) is 24.4. The number of aromatic amines is 1. The Balaban J connectivity index is 2.30. The molecule has 0 aliphatic carbocycles. The average molecular weight is 338 g/mol. The van der Waals surface area contributed by atoms with Crippen molar-refractivity contribution < 1.29 is 17.9 Å². The Morgan fingerprint density at radius 1 is 1.42 bits per heavy atom.